The van der Waals surface area contributed by atoms with Crippen molar-refractivity contribution in [2.75, 3.05) is 0 Å². The van der Waals surface area contributed by atoms with Crippen molar-refractivity contribution in [3.8, 4) is 17.1 Å². The first-order valence-electron chi connectivity index (χ1n) is 6.80. The molecule has 0 bridgehead atoms. The van der Waals surface area contributed by atoms with Crippen molar-refractivity contribution in [3.63, 3.8) is 0 Å². The van der Waals surface area contributed by atoms with Crippen LogP contribution in [0.15, 0.2) is 36.4 Å². The van der Waals surface area contributed by atoms with Crippen LogP contribution in [0.4, 0.5) is 0 Å². The minimum absolute atomic E-state index is 0.144. The first kappa shape index (κ1) is 13.0. The molecule has 1 aliphatic carbocycles. The van der Waals surface area contributed by atoms with E-state index < -0.39 is 0 Å². The second-order valence-electron chi connectivity index (χ2n) is 5.33. The summed E-state index contributed by atoms with van der Waals surface area (Å²) in [5.74, 6) is 0.912. The molecule has 1 heterocycles. The molecule has 1 saturated carbocycles. The fourth-order valence-corrected chi connectivity index (χ4v) is 2.99. The third-order valence-electron chi connectivity index (χ3n) is 3.76. The lowest BCUT2D eigenvalue weighted by molar-refractivity contribution is 0.476. The van der Waals surface area contributed by atoms with Crippen LogP contribution in [-0.4, -0.2) is 14.7 Å². The number of phenolic OH excluding ortho intramolecular Hbond substituents is 1. The summed E-state index contributed by atoms with van der Waals surface area (Å²) in [5.41, 5.74) is 2.59. The number of imidazole rings is 1. The monoisotopic (exact) mass is 318 g/mol. The normalized spacial score (nSPS) is 14.8. The minimum Gasteiger partial charge on any atom is -0.507 e. The predicted molar refractivity (Wildman–Crippen MR) is 85.1 cm³/mol. The Morgan fingerprint density at radius 1 is 1.05 bits per heavy atom. The first-order valence-corrected chi connectivity index (χ1v) is 7.55. The molecule has 3 nitrogen and oxygen atoms in total. The van der Waals surface area contributed by atoms with Gasteiger partial charge in [0.25, 0.3) is 0 Å². The highest BCUT2D eigenvalue weighted by atomic mass is 35.5. The van der Waals surface area contributed by atoms with E-state index in [9.17, 15) is 5.11 Å². The molecule has 0 saturated heterocycles. The summed E-state index contributed by atoms with van der Waals surface area (Å²) in [6.07, 6.45) is 2.25. The van der Waals surface area contributed by atoms with Crippen molar-refractivity contribution in [1.29, 1.82) is 0 Å². The molecule has 2 aromatic carbocycles. The summed E-state index contributed by atoms with van der Waals surface area (Å²) in [6.45, 7) is 0. The zero-order chi connectivity index (χ0) is 14.6. The van der Waals surface area contributed by atoms with Gasteiger partial charge in [-0.2, -0.15) is 0 Å². The van der Waals surface area contributed by atoms with Crippen LogP contribution in [0.5, 0.6) is 5.75 Å². The van der Waals surface area contributed by atoms with E-state index in [-0.39, 0.29) is 5.75 Å². The summed E-state index contributed by atoms with van der Waals surface area (Å²) in [4.78, 5) is 4.68. The van der Waals surface area contributed by atoms with Gasteiger partial charge in [-0.05, 0) is 49.2 Å². The van der Waals surface area contributed by atoms with Crippen LogP contribution in [-0.2, 0) is 0 Å². The van der Waals surface area contributed by atoms with Crippen molar-refractivity contribution in [3.05, 3.63) is 46.4 Å². The van der Waals surface area contributed by atoms with Crippen molar-refractivity contribution in [2.24, 2.45) is 0 Å². The van der Waals surface area contributed by atoms with E-state index in [2.05, 4.69) is 9.55 Å². The smallest absolute Gasteiger partial charge is 0.145 e. The van der Waals surface area contributed by atoms with Gasteiger partial charge in [-0.1, -0.05) is 23.2 Å². The van der Waals surface area contributed by atoms with Crippen molar-refractivity contribution in [2.45, 2.75) is 18.9 Å². The fourth-order valence-electron chi connectivity index (χ4n) is 2.65. The topological polar surface area (TPSA) is 38.1 Å². The Labute approximate surface area is 131 Å². The molecule has 4 rings (SSSR count). The zero-order valence-electron chi connectivity index (χ0n) is 11.1. The van der Waals surface area contributed by atoms with E-state index in [1.807, 2.05) is 18.2 Å². The minimum atomic E-state index is 0.144. The summed E-state index contributed by atoms with van der Waals surface area (Å²) < 4.78 is 2.17. The van der Waals surface area contributed by atoms with Gasteiger partial charge in [0.05, 0.1) is 16.6 Å². The highest BCUT2D eigenvalue weighted by molar-refractivity contribution is 6.31. The number of phenols is 1. The maximum absolute atomic E-state index is 10.2. The van der Waals surface area contributed by atoms with Gasteiger partial charge >= 0.3 is 0 Å². The third-order valence-corrected chi connectivity index (χ3v) is 4.23. The van der Waals surface area contributed by atoms with Crippen LogP contribution in [0.2, 0.25) is 10.0 Å². The highest BCUT2D eigenvalue weighted by Crippen LogP contribution is 2.43. The Balaban J connectivity index is 2.01. The Morgan fingerprint density at radius 3 is 2.48 bits per heavy atom. The molecule has 1 N–H and O–H groups in total. The van der Waals surface area contributed by atoms with Gasteiger partial charge in [-0.25, -0.2) is 4.98 Å². The average Bonchev–Trinajstić information content (AvgIpc) is 3.20. The lowest BCUT2D eigenvalue weighted by Gasteiger charge is -2.09. The van der Waals surface area contributed by atoms with Crippen molar-refractivity contribution in [1.82, 2.24) is 9.55 Å². The van der Waals surface area contributed by atoms with Crippen molar-refractivity contribution < 1.29 is 5.11 Å². The van der Waals surface area contributed by atoms with Gasteiger partial charge in [-0.15, -0.1) is 0 Å². The van der Waals surface area contributed by atoms with Crippen LogP contribution in [0.25, 0.3) is 22.4 Å². The molecule has 0 unspecified atom stereocenters. The molecular formula is C16H12Cl2N2O. The van der Waals surface area contributed by atoms with Gasteiger partial charge in [-0.3, -0.25) is 0 Å². The number of hydrogen-bond acceptors (Lipinski definition) is 2. The number of halogens is 2. The Hall–Kier alpha value is -1.71. The van der Waals surface area contributed by atoms with Crippen molar-refractivity contribution >= 4 is 34.2 Å². The summed E-state index contributed by atoms with van der Waals surface area (Å²) in [5, 5.41) is 11.4. The van der Waals surface area contributed by atoms with E-state index in [0.717, 1.165) is 29.7 Å². The second kappa shape index (κ2) is 4.65. The molecule has 3 aromatic rings. The van der Waals surface area contributed by atoms with Crippen LogP contribution >= 0.6 is 23.2 Å². The third kappa shape index (κ3) is 2.17. The number of rotatable bonds is 2. The first-order chi connectivity index (χ1) is 10.1. The van der Waals surface area contributed by atoms with E-state index in [4.69, 9.17) is 23.2 Å². The number of fused-ring (bicyclic) bond motifs is 1. The fraction of sp³-hybridized carbons (Fsp3) is 0.188. The largest absolute Gasteiger partial charge is 0.507 e. The molecule has 1 aliphatic rings. The standard InChI is InChI=1S/C16H12Cl2N2O/c17-9-2-6-13-14(7-9)20(11-3-4-11)16(19-13)12-5-1-10(18)8-15(12)21/h1-2,5-8,11,21H,3-4H2. The SMILES string of the molecule is Oc1cc(Cl)ccc1-c1nc2ccc(Cl)cc2n1C1CC1. The van der Waals surface area contributed by atoms with Gasteiger partial charge in [0.15, 0.2) is 0 Å². The molecule has 1 fully saturated rings. The van der Waals surface area contributed by atoms with Crippen LogP contribution in [0, 0.1) is 0 Å². The number of nitrogens with zero attached hydrogens (tertiary/aromatic N) is 2. The number of aromatic hydroxyl groups is 1. The molecule has 106 valence electrons. The number of hydrogen-bond donors (Lipinski definition) is 1. The number of benzene rings is 2. The van der Waals surface area contributed by atoms with Gasteiger partial charge in [0.1, 0.15) is 11.6 Å². The average molecular weight is 319 g/mol. The van der Waals surface area contributed by atoms with Crippen LogP contribution < -0.4 is 0 Å². The predicted octanol–water partition coefficient (Wildman–Crippen LogP) is 5.05. The highest BCUT2D eigenvalue weighted by Gasteiger charge is 2.29. The van der Waals surface area contributed by atoms with Crippen LogP contribution in [0.3, 0.4) is 0 Å². The Bertz CT molecular complexity index is 853. The lowest BCUT2D eigenvalue weighted by atomic mass is 10.2. The molecule has 1 aromatic heterocycles. The Morgan fingerprint density at radius 2 is 1.76 bits per heavy atom. The molecular weight excluding hydrogens is 307 g/mol. The van der Waals surface area contributed by atoms with E-state index in [1.165, 1.54) is 0 Å². The molecule has 0 aliphatic heterocycles. The van der Waals surface area contributed by atoms with Crippen LogP contribution in [0.1, 0.15) is 18.9 Å². The maximum atomic E-state index is 10.2. The number of aromatic nitrogens is 2. The van der Waals surface area contributed by atoms with Gasteiger partial charge in [0.2, 0.25) is 0 Å². The maximum Gasteiger partial charge on any atom is 0.145 e. The van der Waals surface area contributed by atoms with E-state index in [1.54, 1.807) is 18.2 Å². The summed E-state index contributed by atoms with van der Waals surface area (Å²) in [6, 6.07) is 11.2. The lowest BCUT2D eigenvalue weighted by Crippen LogP contribution is -1.97. The molecule has 5 heteroatoms. The molecule has 0 amide bonds. The Kier molecular flexibility index (Phi) is 2.88. The summed E-state index contributed by atoms with van der Waals surface area (Å²) in [7, 11) is 0. The quantitative estimate of drug-likeness (QED) is 0.718. The van der Waals surface area contributed by atoms with Gasteiger partial charge in [0, 0.05) is 16.1 Å². The van der Waals surface area contributed by atoms with E-state index in [0.29, 0.717) is 21.7 Å². The van der Waals surface area contributed by atoms with E-state index >= 15 is 0 Å². The molecule has 21 heavy (non-hydrogen) atoms. The molecule has 0 atom stereocenters. The zero-order valence-corrected chi connectivity index (χ0v) is 12.6. The summed E-state index contributed by atoms with van der Waals surface area (Å²) >= 11 is 12.0. The molecule has 0 radical (unpaired) electrons. The van der Waals surface area contributed by atoms with Gasteiger partial charge < -0.3 is 9.67 Å². The second-order valence-corrected chi connectivity index (χ2v) is 6.20. The molecule has 0 spiro atoms.